The molecule has 0 heterocycles. The highest BCUT2D eigenvalue weighted by Crippen LogP contribution is 2.41. The lowest BCUT2D eigenvalue weighted by Gasteiger charge is -2.15. The van der Waals surface area contributed by atoms with E-state index in [1.165, 1.54) is 0 Å². The van der Waals surface area contributed by atoms with Gasteiger partial charge in [-0.25, -0.2) is 4.79 Å². The van der Waals surface area contributed by atoms with Gasteiger partial charge in [0, 0.05) is 16.2 Å². The van der Waals surface area contributed by atoms with E-state index in [1.807, 2.05) is 48.5 Å². The van der Waals surface area contributed by atoms with Crippen molar-refractivity contribution in [2.24, 2.45) is 0 Å². The third-order valence-electron chi connectivity index (χ3n) is 5.24. The molecule has 140 valence electrons. The smallest absolute Gasteiger partial charge is 0.343 e. The van der Waals surface area contributed by atoms with Crippen molar-refractivity contribution in [2.45, 2.75) is 0 Å². The molecule has 29 heavy (non-hydrogen) atoms. The van der Waals surface area contributed by atoms with Gasteiger partial charge in [-0.3, -0.25) is 0 Å². The molecule has 0 unspecified atom stereocenters. The van der Waals surface area contributed by atoms with E-state index in [0.717, 1.165) is 38.1 Å². The van der Waals surface area contributed by atoms with Crippen LogP contribution in [0.4, 0.5) is 0 Å². The van der Waals surface area contributed by atoms with Crippen LogP contribution in [0.15, 0.2) is 91.0 Å². The molecular weight excluding hydrogens is 360 g/mol. The van der Waals surface area contributed by atoms with Crippen LogP contribution in [0.25, 0.3) is 32.3 Å². The fraction of sp³-hybridized carbons (Fsp3) is 0.0385. The summed E-state index contributed by atoms with van der Waals surface area (Å²) in [5.74, 6) is 0.889. The van der Waals surface area contributed by atoms with Gasteiger partial charge in [-0.2, -0.15) is 0 Å². The molecule has 5 aromatic carbocycles. The maximum atomic E-state index is 12.8. The second-order valence-electron chi connectivity index (χ2n) is 6.89. The van der Waals surface area contributed by atoms with Crippen LogP contribution in [0, 0.1) is 0 Å². The van der Waals surface area contributed by atoms with Crippen LogP contribution >= 0.6 is 0 Å². The molecule has 3 heteroatoms. The van der Waals surface area contributed by atoms with Gasteiger partial charge in [0.25, 0.3) is 0 Å². The summed E-state index contributed by atoms with van der Waals surface area (Å²) in [6.07, 6.45) is 0. The highest BCUT2D eigenvalue weighted by atomic mass is 16.5. The number of benzene rings is 5. The number of esters is 1. The zero-order valence-corrected chi connectivity index (χ0v) is 15.9. The number of rotatable bonds is 3. The molecule has 0 amide bonds. The van der Waals surface area contributed by atoms with Gasteiger partial charge in [-0.15, -0.1) is 0 Å². The van der Waals surface area contributed by atoms with E-state index in [4.69, 9.17) is 9.47 Å². The zero-order valence-electron chi connectivity index (χ0n) is 15.9. The number of carbonyl (C=O) groups is 1. The summed E-state index contributed by atoms with van der Waals surface area (Å²) >= 11 is 0. The van der Waals surface area contributed by atoms with Crippen molar-refractivity contribution in [1.29, 1.82) is 0 Å². The van der Waals surface area contributed by atoms with Gasteiger partial charge in [0.1, 0.15) is 11.5 Å². The molecule has 0 spiro atoms. The van der Waals surface area contributed by atoms with Gasteiger partial charge in [0.05, 0.1) is 12.7 Å². The molecule has 0 atom stereocenters. The van der Waals surface area contributed by atoms with Crippen molar-refractivity contribution in [3.05, 3.63) is 96.6 Å². The van der Waals surface area contributed by atoms with Crippen molar-refractivity contribution in [3.8, 4) is 11.5 Å². The van der Waals surface area contributed by atoms with Crippen molar-refractivity contribution in [3.63, 3.8) is 0 Å². The summed E-state index contributed by atoms with van der Waals surface area (Å²) in [7, 11) is 1.65. The average molecular weight is 378 g/mol. The molecule has 0 aromatic heterocycles. The molecule has 0 saturated heterocycles. The second kappa shape index (κ2) is 6.95. The summed E-state index contributed by atoms with van der Waals surface area (Å²) < 4.78 is 11.5. The van der Waals surface area contributed by atoms with Crippen LogP contribution in [0.2, 0.25) is 0 Å². The van der Waals surface area contributed by atoms with Crippen molar-refractivity contribution >= 4 is 38.3 Å². The summed E-state index contributed by atoms with van der Waals surface area (Å²) in [6, 6.07) is 29.2. The topological polar surface area (TPSA) is 35.5 Å². The molecule has 0 saturated carbocycles. The Bertz CT molecular complexity index is 1370. The molecule has 5 aromatic rings. The normalized spacial score (nSPS) is 11.1. The molecule has 0 N–H and O–H groups in total. The summed E-state index contributed by atoms with van der Waals surface area (Å²) in [5, 5.41) is 6.17. The highest BCUT2D eigenvalue weighted by Gasteiger charge is 2.16. The quantitative estimate of drug-likeness (QED) is 0.208. The molecule has 0 aliphatic rings. The predicted octanol–water partition coefficient (Wildman–Crippen LogP) is 6.37. The Balaban J connectivity index is 1.83. The first-order valence-electron chi connectivity index (χ1n) is 9.44. The minimum atomic E-state index is -0.380. The fourth-order valence-corrected chi connectivity index (χ4v) is 3.88. The molecule has 0 aliphatic carbocycles. The average Bonchev–Trinajstić information content (AvgIpc) is 2.79. The lowest BCUT2D eigenvalue weighted by atomic mass is 9.95. The SMILES string of the molecule is COc1ccc(OC(=O)c2ccccc2)c2c1ccc1ccc3ccccc3c12. The van der Waals surface area contributed by atoms with Gasteiger partial charge in [-0.05, 0) is 46.5 Å². The molecular formula is C26H18O3. The van der Waals surface area contributed by atoms with E-state index in [1.54, 1.807) is 19.2 Å². The molecule has 5 rings (SSSR count). The number of ether oxygens (including phenoxy) is 2. The molecule has 3 nitrogen and oxygen atoms in total. The van der Waals surface area contributed by atoms with Crippen molar-refractivity contribution < 1.29 is 14.3 Å². The van der Waals surface area contributed by atoms with E-state index >= 15 is 0 Å². The monoisotopic (exact) mass is 378 g/mol. The summed E-state index contributed by atoms with van der Waals surface area (Å²) in [4.78, 5) is 12.8. The maximum Gasteiger partial charge on any atom is 0.343 e. The first kappa shape index (κ1) is 17.3. The Morgan fingerprint density at radius 3 is 2.14 bits per heavy atom. The summed E-state index contributed by atoms with van der Waals surface area (Å²) in [6.45, 7) is 0. The van der Waals surface area contributed by atoms with Crippen LogP contribution in [-0.4, -0.2) is 13.1 Å². The third-order valence-corrected chi connectivity index (χ3v) is 5.24. The Morgan fingerprint density at radius 2 is 1.31 bits per heavy atom. The zero-order chi connectivity index (χ0) is 19.8. The van der Waals surface area contributed by atoms with Crippen LogP contribution in [0.5, 0.6) is 11.5 Å². The lowest BCUT2D eigenvalue weighted by Crippen LogP contribution is -2.08. The Morgan fingerprint density at radius 1 is 0.621 bits per heavy atom. The third kappa shape index (κ3) is 2.88. The van der Waals surface area contributed by atoms with Crippen LogP contribution in [0.3, 0.4) is 0 Å². The van der Waals surface area contributed by atoms with E-state index in [9.17, 15) is 4.79 Å². The van der Waals surface area contributed by atoms with Crippen LogP contribution in [-0.2, 0) is 0 Å². The van der Waals surface area contributed by atoms with Crippen LogP contribution in [0.1, 0.15) is 10.4 Å². The van der Waals surface area contributed by atoms with Gasteiger partial charge >= 0.3 is 5.97 Å². The van der Waals surface area contributed by atoms with E-state index in [2.05, 4.69) is 30.3 Å². The van der Waals surface area contributed by atoms with Crippen molar-refractivity contribution in [1.82, 2.24) is 0 Å². The van der Waals surface area contributed by atoms with Gasteiger partial charge in [0.15, 0.2) is 0 Å². The van der Waals surface area contributed by atoms with E-state index < -0.39 is 0 Å². The van der Waals surface area contributed by atoms with Crippen molar-refractivity contribution in [2.75, 3.05) is 7.11 Å². The Labute approximate surface area is 168 Å². The van der Waals surface area contributed by atoms with Gasteiger partial charge in [0.2, 0.25) is 0 Å². The highest BCUT2D eigenvalue weighted by molar-refractivity contribution is 6.23. The minimum absolute atomic E-state index is 0.380. The molecule has 0 fully saturated rings. The lowest BCUT2D eigenvalue weighted by molar-refractivity contribution is 0.0737. The number of hydrogen-bond acceptors (Lipinski definition) is 3. The number of carbonyl (C=O) groups excluding carboxylic acids is 1. The first-order valence-corrected chi connectivity index (χ1v) is 9.44. The number of fused-ring (bicyclic) bond motifs is 5. The fourth-order valence-electron chi connectivity index (χ4n) is 3.88. The van der Waals surface area contributed by atoms with Gasteiger partial charge in [-0.1, -0.05) is 60.7 Å². The van der Waals surface area contributed by atoms with E-state index in [-0.39, 0.29) is 5.97 Å². The first-order chi connectivity index (χ1) is 14.3. The molecule has 0 radical (unpaired) electrons. The Hall–Kier alpha value is -3.85. The second-order valence-corrected chi connectivity index (χ2v) is 6.89. The number of hydrogen-bond donors (Lipinski definition) is 0. The molecule has 0 bridgehead atoms. The predicted molar refractivity (Wildman–Crippen MR) is 117 cm³/mol. The van der Waals surface area contributed by atoms with Crippen LogP contribution < -0.4 is 9.47 Å². The van der Waals surface area contributed by atoms with E-state index in [0.29, 0.717) is 11.3 Å². The maximum absolute atomic E-state index is 12.8. The molecule has 0 aliphatic heterocycles. The number of methoxy groups -OCH3 is 1. The summed E-state index contributed by atoms with van der Waals surface area (Å²) in [5.41, 5.74) is 0.515. The minimum Gasteiger partial charge on any atom is -0.496 e. The Kier molecular flexibility index (Phi) is 4.14. The largest absolute Gasteiger partial charge is 0.496 e. The van der Waals surface area contributed by atoms with Gasteiger partial charge < -0.3 is 9.47 Å². The standard InChI is InChI=1S/C26H18O3/c1-28-22-15-16-23(29-26(27)19-8-3-2-4-9-19)25-21(22)14-13-18-12-11-17-7-5-6-10-20(17)24(18)25/h2-16H,1H3.